The molecular formula is C20H22N6O3S. The van der Waals surface area contributed by atoms with E-state index >= 15 is 0 Å². The van der Waals surface area contributed by atoms with Crippen LogP contribution in [0.25, 0.3) is 10.9 Å². The van der Waals surface area contributed by atoms with Crippen LogP contribution in [0.2, 0.25) is 0 Å². The predicted octanol–water partition coefficient (Wildman–Crippen LogP) is 1.41. The Labute approximate surface area is 174 Å². The highest BCUT2D eigenvalue weighted by molar-refractivity contribution is 7.89. The van der Waals surface area contributed by atoms with Crippen LogP contribution in [0.1, 0.15) is 10.4 Å². The van der Waals surface area contributed by atoms with Gasteiger partial charge < -0.3 is 15.1 Å². The Morgan fingerprint density at radius 3 is 2.43 bits per heavy atom. The molecule has 0 radical (unpaired) electrons. The highest BCUT2D eigenvalue weighted by atomic mass is 32.2. The Morgan fingerprint density at radius 1 is 1.07 bits per heavy atom. The smallest absolute Gasteiger partial charge is 0.253 e. The summed E-state index contributed by atoms with van der Waals surface area (Å²) in [6.45, 7) is 3.18. The second-order valence-corrected chi connectivity index (χ2v) is 8.82. The largest absolute Gasteiger partial charge is 0.336 e. The molecule has 0 atom stereocenters. The molecule has 30 heavy (non-hydrogen) atoms. The summed E-state index contributed by atoms with van der Waals surface area (Å²) in [5.74, 6) is 0.381. The molecule has 2 aromatic carbocycles. The second-order valence-electron chi connectivity index (χ2n) is 7.26. The van der Waals surface area contributed by atoms with E-state index in [2.05, 4.69) is 27.2 Å². The number of nitrogens with one attached hydrogen (secondary N) is 1. The van der Waals surface area contributed by atoms with Crippen molar-refractivity contribution in [2.75, 3.05) is 38.5 Å². The molecule has 3 N–H and O–H groups in total. The molecule has 1 aliphatic heterocycles. The van der Waals surface area contributed by atoms with Gasteiger partial charge in [-0.3, -0.25) is 4.79 Å². The predicted molar refractivity (Wildman–Crippen MR) is 114 cm³/mol. The van der Waals surface area contributed by atoms with Crippen LogP contribution in [-0.2, 0) is 10.0 Å². The molecule has 1 amide bonds. The summed E-state index contributed by atoms with van der Waals surface area (Å²) in [5.41, 5.74) is 1.95. The molecule has 9 nitrogen and oxygen atoms in total. The van der Waals surface area contributed by atoms with Gasteiger partial charge in [0.25, 0.3) is 5.91 Å². The third kappa shape index (κ3) is 4.40. The van der Waals surface area contributed by atoms with Crippen LogP contribution in [-0.4, -0.2) is 67.3 Å². The maximum absolute atomic E-state index is 12.8. The summed E-state index contributed by atoms with van der Waals surface area (Å²) in [6.07, 6.45) is 1.66. The molecular weight excluding hydrogens is 404 g/mol. The van der Waals surface area contributed by atoms with E-state index in [1.165, 1.54) is 12.1 Å². The molecule has 0 aliphatic carbocycles. The van der Waals surface area contributed by atoms with Crippen molar-refractivity contribution in [3.63, 3.8) is 0 Å². The van der Waals surface area contributed by atoms with Crippen molar-refractivity contribution in [3.8, 4) is 0 Å². The van der Waals surface area contributed by atoms with Crippen LogP contribution >= 0.6 is 0 Å². The lowest BCUT2D eigenvalue weighted by Gasteiger charge is -2.32. The van der Waals surface area contributed by atoms with Crippen LogP contribution in [0.4, 0.5) is 11.6 Å². The van der Waals surface area contributed by atoms with E-state index in [4.69, 9.17) is 5.14 Å². The van der Waals surface area contributed by atoms with Gasteiger partial charge in [0.2, 0.25) is 16.0 Å². The SMILES string of the molecule is CN1CCN(C(=O)c2ccc3nc(Nc4ccc(S(N)(=O)=O)cc4)ncc3c2)CC1. The zero-order valence-electron chi connectivity index (χ0n) is 16.4. The molecule has 1 aliphatic rings. The lowest BCUT2D eigenvalue weighted by molar-refractivity contribution is 0.0664. The number of rotatable bonds is 4. The number of likely N-dealkylation sites (N-methyl/N-ethyl adjacent to an activating group) is 1. The molecule has 4 rings (SSSR count). The maximum Gasteiger partial charge on any atom is 0.253 e. The number of amides is 1. The number of nitrogens with zero attached hydrogens (tertiary/aromatic N) is 4. The lowest BCUT2D eigenvalue weighted by atomic mass is 10.1. The van der Waals surface area contributed by atoms with Crippen LogP contribution in [0.15, 0.2) is 53.6 Å². The van der Waals surface area contributed by atoms with Crippen molar-refractivity contribution in [2.24, 2.45) is 5.14 Å². The number of fused-ring (bicyclic) bond motifs is 1. The van der Waals surface area contributed by atoms with Crippen LogP contribution in [0.3, 0.4) is 0 Å². The number of benzene rings is 2. The van der Waals surface area contributed by atoms with E-state index < -0.39 is 10.0 Å². The maximum atomic E-state index is 12.8. The normalized spacial score (nSPS) is 15.3. The van der Waals surface area contributed by atoms with Crippen molar-refractivity contribution in [2.45, 2.75) is 4.90 Å². The van der Waals surface area contributed by atoms with Crippen molar-refractivity contribution in [1.82, 2.24) is 19.8 Å². The molecule has 1 fully saturated rings. The monoisotopic (exact) mass is 426 g/mol. The molecule has 156 valence electrons. The molecule has 3 aromatic rings. The van der Waals surface area contributed by atoms with Gasteiger partial charge in [-0.25, -0.2) is 23.5 Å². The first-order valence-electron chi connectivity index (χ1n) is 9.44. The first-order chi connectivity index (χ1) is 14.3. The van der Waals surface area contributed by atoms with Gasteiger partial charge in [-0.2, -0.15) is 0 Å². The minimum Gasteiger partial charge on any atom is -0.336 e. The number of nitrogens with two attached hydrogens (primary N) is 1. The van der Waals surface area contributed by atoms with Gasteiger partial charge in [0, 0.05) is 49.0 Å². The third-order valence-corrected chi connectivity index (χ3v) is 5.99. The summed E-state index contributed by atoms with van der Waals surface area (Å²) in [7, 11) is -1.68. The van der Waals surface area contributed by atoms with E-state index in [0.29, 0.717) is 22.7 Å². The number of anilines is 2. The average Bonchev–Trinajstić information content (AvgIpc) is 2.73. The Morgan fingerprint density at radius 2 is 1.77 bits per heavy atom. The van der Waals surface area contributed by atoms with E-state index in [-0.39, 0.29) is 10.8 Å². The molecule has 1 aromatic heterocycles. The van der Waals surface area contributed by atoms with Crippen molar-refractivity contribution in [1.29, 1.82) is 0 Å². The highest BCUT2D eigenvalue weighted by Crippen LogP contribution is 2.20. The number of carbonyl (C=O) groups excluding carboxylic acids is 1. The number of hydrogen-bond acceptors (Lipinski definition) is 7. The van der Waals surface area contributed by atoms with Crippen LogP contribution in [0.5, 0.6) is 0 Å². The first kappa shape index (κ1) is 20.2. The van der Waals surface area contributed by atoms with Gasteiger partial charge in [-0.15, -0.1) is 0 Å². The third-order valence-electron chi connectivity index (χ3n) is 5.06. The number of carbonyl (C=O) groups is 1. The van der Waals surface area contributed by atoms with Crippen LogP contribution < -0.4 is 10.5 Å². The lowest BCUT2D eigenvalue weighted by Crippen LogP contribution is -2.47. The molecule has 0 bridgehead atoms. The van der Waals surface area contributed by atoms with E-state index in [1.54, 1.807) is 36.5 Å². The minimum atomic E-state index is -3.74. The Bertz CT molecular complexity index is 1190. The topological polar surface area (TPSA) is 122 Å². The Balaban J connectivity index is 1.51. The van der Waals surface area contributed by atoms with Crippen molar-refractivity contribution in [3.05, 3.63) is 54.2 Å². The summed E-state index contributed by atoms with van der Waals surface area (Å²) >= 11 is 0. The zero-order chi connectivity index (χ0) is 21.3. The first-order valence-corrected chi connectivity index (χ1v) is 11.0. The average molecular weight is 427 g/mol. The number of hydrogen-bond donors (Lipinski definition) is 2. The fourth-order valence-corrected chi connectivity index (χ4v) is 3.79. The van der Waals surface area contributed by atoms with Gasteiger partial charge in [0.1, 0.15) is 0 Å². The number of sulfonamides is 1. The highest BCUT2D eigenvalue weighted by Gasteiger charge is 2.20. The molecule has 0 spiro atoms. The summed E-state index contributed by atoms with van der Waals surface area (Å²) in [5, 5.41) is 8.91. The Hall–Kier alpha value is -3.08. The number of aromatic nitrogens is 2. The minimum absolute atomic E-state index is 0.0159. The van der Waals surface area contributed by atoms with Gasteiger partial charge in [0.05, 0.1) is 10.4 Å². The standard InChI is InChI=1S/C20H22N6O3S/c1-25-8-10-26(11-9-25)19(27)14-2-7-18-15(12-14)13-22-20(24-18)23-16-3-5-17(6-4-16)30(21,28)29/h2-7,12-13H,8-11H2,1H3,(H2,21,28,29)(H,22,23,24). The molecule has 2 heterocycles. The quantitative estimate of drug-likeness (QED) is 0.647. The summed E-state index contributed by atoms with van der Waals surface area (Å²) in [6, 6.07) is 11.4. The molecule has 10 heteroatoms. The van der Waals surface area contributed by atoms with Gasteiger partial charge in [0.15, 0.2) is 0 Å². The number of primary sulfonamides is 1. The zero-order valence-corrected chi connectivity index (χ0v) is 17.3. The molecule has 0 unspecified atom stereocenters. The fraction of sp³-hybridized carbons (Fsp3) is 0.250. The summed E-state index contributed by atoms with van der Waals surface area (Å²) < 4.78 is 22.7. The second kappa shape index (κ2) is 7.98. The van der Waals surface area contributed by atoms with Gasteiger partial charge in [-0.05, 0) is 49.5 Å². The van der Waals surface area contributed by atoms with E-state index in [0.717, 1.165) is 31.6 Å². The van der Waals surface area contributed by atoms with Gasteiger partial charge in [-0.1, -0.05) is 0 Å². The molecule has 0 saturated carbocycles. The van der Waals surface area contributed by atoms with Crippen LogP contribution in [0, 0.1) is 0 Å². The summed E-state index contributed by atoms with van der Waals surface area (Å²) in [4.78, 5) is 25.6. The fourth-order valence-electron chi connectivity index (χ4n) is 3.28. The molecule has 1 saturated heterocycles. The number of piperazine rings is 1. The van der Waals surface area contributed by atoms with E-state index in [9.17, 15) is 13.2 Å². The van der Waals surface area contributed by atoms with Crippen molar-refractivity contribution < 1.29 is 13.2 Å². The van der Waals surface area contributed by atoms with E-state index in [1.807, 2.05) is 4.90 Å². The Kier molecular flexibility index (Phi) is 5.37. The van der Waals surface area contributed by atoms with Crippen molar-refractivity contribution >= 4 is 38.5 Å². The van der Waals surface area contributed by atoms with Gasteiger partial charge >= 0.3 is 0 Å².